The van der Waals surface area contributed by atoms with Gasteiger partial charge in [0.2, 0.25) is 0 Å². The van der Waals surface area contributed by atoms with E-state index in [1.165, 1.54) is 30.2 Å². The Hall–Kier alpha value is -2.64. The van der Waals surface area contributed by atoms with Crippen molar-refractivity contribution >= 4 is 12.0 Å². The maximum Gasteiger partial charge on any atom is 0.387 e. The molecule has 2 amide bonds. The van der Waals surface area contributed by atoms with E-state index < -0.39 is 24.7 Å². The number of ether oxygens (including phenoxy) is 2. The molecule has 0 fully saturated rings. The number of para-hydroxylation sites is 1. The van der Waals surface area contributed by atoms with Crippen molar-refractivity contribution in [2.75, 3.05) is 13.7 Å². The monoisotopic (exact) mass is 368 g/mol. The average Bonchev–Trinajstić information content (AvgIpc) is 2.57. The van der Waals surface area contributed by atoms with Crippen LogP contribution in [0.15, 0.2) is 35.5 Å². The second-order valence-electron chi connectivity index (χ2n) is 6.29. The molecule has 0 saturated heterocycles. The third-order valence-electron chi connectivity index (χ3n) is 4.00. The number of benzene rings is 1. The molecule has 0 aromatic heterocycles. The fourth-order valence-corrected chi connectivity index (χ4v) is 2.90. The molecule has 1 atom stereocenters. The summed E-state index contributed by atoms with van der Waals surface area (Å²) in [6, 6.07) is 4.67. The molecule has 0 bridgehead atoms. The number of hydrogen-bond donors (Lipinski definition) is 1. The number of amides is 2. The van der Waals surface area contributed by atoms with E-state index in [4.69, 9.17) is 4.74 Å². The Balaban J connectivity index is 2.56. The standard InChI is InChI=1S/C18H22F2N2O4/c1-10(2)9-22-11(3)14(16(23)25-4)15(21-18(22)24)12-7-5-6-8-13(12)26-17(19)20/h5-8,10,15,17H,9H2,1-4H3,(H,21,24)/t15-/m1/s1. The van der Waals surface area contributed by atoms with Crippen molar-refractivity contribution in [3.8, 4) is 5.75 Å². The van der Waals surface area contributed by atoms with Gasteiger partial charge in [0.1, 0.15) is 5.75 Å². The molecule has 2 rings (SSSR count). The van der Waals surface area contributed by atoms with Crippen molar-refractivity contribution < 1.29 is 27.8 Å². The summed E-state index contributed by atoms with van der Waals surface area (Å²) in [5.41, 5.74) is 0.856. The largest absolute Gasteiger partial charge is 0.466 e. The number of nitrogens with one attached hydrogen (secondary N) is 1. The Bertz CT molecular complexity index is 719. The summed E-state index contributed by atoms with van der Waals surface area (Å²) in [7, 11) is 1.23. The van der Waals surface area contributed by atoms with Gasteiger partial charge >= 0.3 is 18.6 Å². The quantitative estimate of drug-likeness (QED) is 0.781. The summed E-state index contributed by atoms with van der Waals surface area (Å²) in [5, 5.41) is 2.70. The van der Waals surface area contributed by atoms with Crippen LogP contribution < -0.4 is 10.1 Å². The predicted molar refractivity (Wildman–Crippen MR) is 90.6 cm³/mol. The van der Waals surface area contributed by atoms with E-state index in [9.17, 15) is 18.4 Å². The smallest absolute Gasteiger partial charge is 0.387 e. The Labute approximate surface area is 150 Å². The van der Waals surface area contributed by atoms with Crippen molar-refractivity contribution in [1.29, 1.82) is 0 Å². The maximum absolute atomic E-state index is 12.7. The van der Waals surface area contributed by atoms with Crippen molar-refractivity contribution in [2.24, 2.45) is 5.92 Å². The highest BCUT2D eigenvalue weighted by Crippen LogP contribution is 2.36. The Morgan fingerprint density at radius 3 is 2.54 bits per heavy atom. The number of allylic oxidation sites excluding steroid dienone is 1. The SMILES string of the molecule is COC(=O)C1=C(C)N(CC(C)C)C(=O)N[C@@H]1c1ccccc1OC(F)F. The number of carbonyl (C=O) groups is 2. The number of alkyl halides is 2. The van der Waals surface area contributed by atoms with Gasteiger partial charge in [-0.25, -0.2) is 9.59 Å². The lowest BCUT2D eigenvalue weighted by Gasteiger charge is -2.36. The van der Waals surface area contributed by atoms with E-state index in [2.05, 4.69) is 10.1 Å². The van der Waals surface area contributed by atoms with Gasteiger partial charge in [-0.1, -0.05) is 32.0 Å². The van der Waals surface area contributed by atoms with Gasteiger partial charge in [0.25, 0.3) is 0 Å². The van der Waals surface area contributed by atoms with Crippen LogP contribution in [-0.4, -0.2) is 37.2 Å². The fraction of sp³-hybridized carbons (Fsp3) is 0.444. The van der Waals surface area contributed by atoms with E-state index >= 15 is 0 Å². The first-order valence-corrected chi connectivity index (χ1v) is 8.17. The van der Waals surface area contributed by atoms with Crippen LogP contribution in [0.3, 0.4) is 0 Å². The van der Waals surface area contributed by atoms with Crippen LogP contribution in [0.4, 0.5) is 13.6 Å². The Morgan fingerprint density at radius 2 is 1.96 bits per heavy atom. The van der Waals surface area contributed by atoms with Gasteiger partial charge in [-0.2, -0.15) is 8.78 Å². The summed E-state index contributed by atoms with van der Waals surface area (Å²) < 4.78 is 34.9. The molecular weight excluding hydrogens is 346 g/mol. The molecule has 0 spiro atoms. The number of urea groups is 1. The molecular formula is C18H22F2N2O4. The van der Waals surface area contributed by atoms with E-state index in [1.54, 1.807) is 13.0 Å². The molecule has 1 heterocycles. The summed E-state index contributed by atoms with van der Waals surface area (Å²) >= 11 is 0. The van der Waals surface area contributed by atoms with Gasteiger partial charge < -0.3 is 14.8 Å². The first kappa shape index (κ1) is 19.7. The number of methoxy groups -OCH3 is 1. The molecule has 6 nitrogen and oxygen atoms in total. The van der Waals surface area contributed by atoms with Gasteiger partial charge in [0.15, 0.2) is 0 Å². The molecule has 26 heavy (non-hydrogen) atoms. The van der Waals surface area contributed by atoms with Crippen LogP contribution >= 0.6 is 0 Å². The van der Waals surface area contributed by atoms with Gasteiger partial charge in [0, 0.05) is 17.8 Å². The third kappa shape index (κ3) is 4.12. The number of rotatable bonds is 6. The van der Waals surface area contributed by atoms with Crippen LogP contribution in [0, 0.1) is 5.92 Å². The lowest BCUT2D eigenvalue weighted by atomic mass is 9.94. The molecule has 1 aliphatic rings. The number of esters is 1. The maximum atomic E-state index is 12.7. The molecule has 0 unspecified atom stereocenters. The normalized spacial score (nSPS) is 17.6. The Kier molecular flexibility index (Phi) is 6.18. The zero-order chi connectivity index (χ0) is 19.4. The van der Waals surface area contributed by atoms with Crippen molar-refractivity contribution in [1.82, 2.24) is 10.2 Å². The summed E-state index contributed by atoms with van der Waals surface area (Å²) in [5.74, 6) is -0.590. The zero-order valence-electron chi connectivity index (χ0n) is 15.1. The second kappa shape index (κ2) is 8.16. The van der Waals surface area contributed by atoms with Crippen LogP contribution in [0.5, 0.6) is 5.75 Å². The zero-order valence-corrected chi connectivity index (χ0v) is 15.1. The minimum absolute atomic E-state index is 0.112. The molecule has 1 N–H and O–H groups in total. The molecule has 142 valence electrons. The molecule has 8 heteroatoms. The van der Waals surface area contributed by atoms with Crippen molar-refractivity contribution in [3.63, 3.8) is 0 Å². The van der Waals surface area contributed by atoms with Gasteiger partial charge in [-0.05, 0) is 18.9 Å². The van der Waals surface area contributed by atoms with Crippen LogP contribution in [-0.2, 0) is 9.53 Å². The minimum Gasteiger partial charge on any atom is -0.466 e. The topological polar surface area (TPSA) is 67.9 Å². The highest BCUT2D eigenvalue weighted by atomic mass is 19.3. The lowest BCUT2D eigenvalue weighted by Crippen LogP contribution is -2.49. The van der Waals surface area contributed by atoms with Crippen molar-refractivity contribution in [2.45, 2.75) is 33.4 Å². The van der Waals surface area contributed by atoms with Crippen LogP contribution in [0.1, 0.15) is 32.4 Å². The van der Waals surface area contributed by atoms with E-state index in [0.29, 0.717) is 12.2 Å². The first-order valence-electron chi connectivity index (χ1n) is 8.17. The summed E-state index contributed by atoms with van der Waals surface area (Å²) in [6.07, 6.45) is 0. The first-order chi connectivity index (χ1) is 12.3. The molecule has 0 radical (unpaired) electrons. The summed E-state index contributed by atoms with van der Waals surface area (Å²) in [6.45, 7) is 2.89. The highest BCUT2D eigenvalue weighted by Gasteiger charge is 2.37. The fourth-order valence-electron chi connectivity index (χ4n) is 2.90. The van der Waals surface area contributed by atoms with Crippen molar-refractivity contribution in [3.05, 3.63) is 41.1 Å². The van der Waals surface area contributed by atoms with E-state index in [1.807, 2.05) is 13.8 Å². The van der Waals surface area contributed by atoms with E-state index in [0.717, 1.165) is 0 Å². The average molecular weight is 368 g/mol. The Morgan fingerprint density at radius 1 is 1.31 bits per heavy atom. The molecule has 1 aromatic rings. The molecule has 1 aromatic carbocycles. The number of hydrogen-bond acceptors (Lipinski definition) is 4. The van der Waals surface area contributed by atoms with E-state index in [-0.39, 0.29) is 22.8 Å². The molecule has 1 aliphatic heterocycles. The number of nitrogens with zero attached hydrogens (tertiary/aromatic N) is 1. The van der Waals surface area contributed by atoms with Gasteiger partial charge in [-0.3, -0.25) is 4.90 Å². The third-order valence-corrected chi connectivity index (χ3v) is 4.00. The summed E-state index contributed by atoms with van der Waals surface area (Å²) in [4.78, 5) is 26.4. The van der Waals surface area contributed by atoms with Crippen LogP contribution in [0.2, 0.25) is 0 Å². The second-order valence-corrected chi connectivity index (χ2v) is 6.29. The van der Waals surface area contributed by atoms with Crippen LogP contribution in [0.25, 0.3) is 0 Å². The van der Waals surface area contributed by atoms with Gasteiger partial charge in [0.05, 0.1) is 18.7 Å². The number of carbonyl (C=O) groups excluding carboxylic acids is 2. The number of halogens is 2. The predicted octanol–water partition coefficient (Wildman–Crippen LogP) is 3.46. The molecule has 0 aliphatic carbocycles. The van der Waals surface area contributed by atoms with Gasteiger partial charge in [-0.15, -0.1) is 0 Å². The highest BCUT2D eigenvalue weighted by molar-refractivity contribution is 5.95. The minimum atomic E-state index is -3.03. The molecule has 0 saturated carbocycles. The lowest BCUT2D eigenvalue weighted by molar-refractivity contribution is -0.136.